The Balaban J connectivity index is 0.000000145. The summed E-state index contributed by atoms with van der Waals surface area (Å²) in [4.78, 5) is 22.7. The maximum absolute atomic E-state index is 6.67. The van der Waals surface area contributed by atoms with Gasteiger partial charge in [-0.1, -0.05) is 182 Å². The predicted octanol–water partition coefficient (Wildman–Crippen LogP) is 28.4. The molecule has 0 aliphatic heterocycles. The van der Waals surface area contributed by atoms with Crippen LogP contribution in [-0.2, 0) is 67.4 Å². The van der Waals surface area contributed by atoms with Crippen LogP contribution < -0.4 is 9.47 Å². The zero-order valence-corrected chi connectivity index (χ0v) is 76.5. The van der Waals surface area contributed by atoms with E-state index >= 15 is 0 Å². The third-order valence-corrected chi connectivity index (χ3v) is 23.3. The van der Waals surface area contributed by atoms with Gasteiger partial charge in [0, 0.05) is 171 Å². The van der Waals surface area contributed by atoms with Crippen LogP contribution in [0.1, 0.15) is 0 Å². The molecule has 0 atom stereocenters. The minimum Gasteiger partial charge on any atom is -0.477 e. The molecule has 0 N–H and O–H groups in total. The molecule has 15 aromatic carbocycles. The van der Waals surface area contributed by atoms with Gasteiger partial charge in [-0.15, -0.1) is 95.6 Å². The number of rotatable bonds is 15. The number of fused-ring (bicyclic) bond motifs is 12. The van der Waals surface area contributed by atoms with Gasteiger partial charge in [-0.3, -0.25) is 15.0 Å². The van der Waals surface area contributed by atoms with Gasteiger partial charge < -0.3 is 42.3 Å². The Hall–Kier alpha value is -15.1. The van der Waals surface area contributed by atoms with Crippen molar-refractivity contribution in [2.75, 3.05) is 0 Å². The van der Waals surface area contributed by atoms with Gasteiger partial charge in [-0.25, -0.2) is 0 Å². The molecule has 0 unspecified atom stereocenters. The van der Waals surface area contributed by atoms with Crippen LogP contribution in [0.5, 0.6) is 23.0 Å². The van der Waals surface area contributed by atoms with E-state index < -0.39 is 0 Å². The van der Waals surface area contributed by atoms with E-state index in [0.29, 0.717) is 5.75 Å². The molecule has 0 fully saturated rings. The number of aryl methyl sites for hydroxylation is 1. The summed E-state index contributed by atoms with van der Waals surface area (Å²) in [6.45, 7) is 0. The first-order valence-electron chi connectivity index (χ1n) is 41.9. The molecule has 12 nitrogen and oxygen atoms in total. The molecule has 15 heteroatoms. The topological polar surface area (TPSA) is 108 Å². The average Bonchev–Trinajstić information content (AvgIpc) is 1.62. The second-order valence-corrected chi connectivity index (χ2v) is 31.0. The number of imidazole rings is 1. The van der Waals surface area contributed by atoms with Gasteiger partial charge in [0.2, 0.25) is 0 Å². The van der Waals surface area contributed by atoms with Gasteiger partial charge in [0.15, 0.2) is 0 Å². The van der Waals surface area contributed by atoms with Crippen LogP contribution in [-0.4, -0.2) is 47.8 Å². The van der Waals surface area contributed by atoms with E-state index in [2.05, 4.69) is 343 Å². The number of para-hydroxylation sites is 6. The van der Waals surface area contributed by atoms with Crippen molar-refractivity contribution >= 4 is 87.5 Å². The number of ether oxygens (including phenoxy) is 2. The van der Waals surface area contributed by atoms with E-state index in [1.807, 2.05) is 139 Å². The Labute approximate surface area is 785 Å². The van der Waals surface area contributed by atoms with Crippen molar-refractivity contribution in [3.05, 3.63) is 456 Å². The fourth-order valence-electron chi connectivity index (χ4n) is 17.5. The van der Waals surface area contributed by atoms with E-state index in [-0.39, 0.29) is 60.3 Å². The summed E-state index contributed by atoms with van der Waals surface area (Å²) in [6, 6.07) is 149. The Bertz CT molecular complexity index is 7150. The van der Waals surface area contributed by atoms with E-state index in [1.165, 1.54) is 43.6 Å². The first kappa shape index (κ1) is 83.4. The van der Waals surface area contributed by atoms with Crippen LogP contribution in [0, 0.1) is 18.2 Å². The summed E-state index contributed by atoms with van der Waals surface area (Å²) < 4.78 is 24.6. The van der Waals surface area contributed by atoms with Crippen molar-refractivity contribution in [2.24, 2.45) is 7.05 Å². The van der Waals surface area contributed by atoms with Crippen LogP contribution >= 0.6 is 0 Å². The molecule has 9 heterocycles. The second-order valence-electron chi connectivity index (χ2n) is 31.0. The fourth-order valence-corrected chi connectivity index (χ4v) is 17.5. The van der Waals surface area contributed by atoms with Crippen LogP contribution in [0.3, 0.4) is 0 Å². The van der Waals surface area contributed by atoms with Gasteiger partial charge in [-0.2, -0.15) is 0 Å². The van der Waals surface area contributed by atoms with Crippen molar-refractivity contribution in [1.29, 1.82) is 0 Å². The molecule has 0 bridgehead atoms. The fraction of sp³-hybridized carbons (Fsp3) is 0.00877. The van der Waals surface area contributed by atoms with Crippen LogP contribution in [0.4, 0.5) is 0 Å². The SMILES string of the molecule is Cn1ccnc1-c1[c-]cccc1.[Ir].[Ir].[Ir].[c-]1ccc(Oc2cc(-c3ccc(-n4c5ccccc5c5ccccc54)cc3)cc(-c3ccc(-n4c5ccccc5c5ccccc54)cc3)c2)cc1-c1ccccn1.[c-]1ccc(Oc2cc(-c3ccc(-n4c5ccccc5c5ncccc54)cc3)cc(-c3ccc(-n4c5ccccc5c5ncccc54)cc3)c2)cc1-c1ccccn1. The molecule has 0 aliphatic carbocycles. The predicted molar refractivity (Wildman–Crippen MR) is 512 cm³/mol. The number of hydrogen-bond acceptors (Lipinski definition) is 7. The number of benzene rings is 15. The average molecular weight is 2190 g/mol. The van der Waals surface area contributed by atoms with E-state index in [0.717, 1.165) is 162 Å². The third kappa shape index (κ3) is 16.4. The van der Waals surface area contributed by atoms with Crippen molar-refractivity contribution in [1.82, 2.24) is 47.8 Å². The summed E-state index contributed by atoms with van der Waals surface area (Å²) >= 11 is 0. The molecule has 0 saturated carbocycles. The Morgan fingerprint density at radius 3 is 0.868 bits per heavy atom. The van der Waals surface area contributed by atoms with E-state index in [4.69, 9.17) is 19.4 Å². The van der Waals surface area contributed by atoms with Crippen molar-refractivity contribution in [3.8, 4) is 124 Å². The Kier molecular flexibility index (Phi) is 23.8. The van der Waals surface area contributed by atoms with Crippen molar-refractivity contribution in [3.63, 3.8) is 0 Å². The van der Waals surface area contributed by atoms with Gasteiger partial charge in [0.05, 0.1) is 61.0 Å². The molecule has 0 spiro atoms. The molecular formula is C114H75Ir3N10O2-3. The van der Waals surface area contributed by atoms with Crippen LogP contribution in [0.15, 0.2) is 438 Å². The Morgan fingerprint density at radius 2 is 0.535 bits per heavy atom. The van der Waals surface area contributed by atoms with Gasteiger partial charge >= 0.3 is 0 Å². The summed E-state index contributed by atoms with van der Waals surface area (Å²) in [6.07, 6.45) is 11.0. The second kappa shape index (κ2) is 36.8. The summed E-state index contributed by atoms with van der Waals surface area (Å²) in [5, 5.41) is 7.27. The van der Waals surface area contributed by atoms with Crippen LogP contribution in [0.2, 0.25) is 0 Å². The van der Waals surface area contributed by atoms with Gasteiger partial charge in [0.25, 0.3) is 0 Å². The normalized spacial score (nSPS) is 11.1. The molecule has 24 aromatic rings. The molecule has 623 valence electrons. The van der Waals surface area contributed by atoms with Crippen molar-refractivity contribution in [2.45, 2.75) is 0 Å². The molecule has 9 aromatic heterocycles. The molecule has 0 saturated heterocycles. The maximum Gasteiger partial charge on any atom is 0.126 e. The van der Waals surface area contributed by atoms with Gasteiger partial charge in [-0.05, 0) is 214 Å². The first-order valence-corrected chi connectivity index (χ1v) is 41.9. The van der Waals surface area contributed by atoms with Crippen molar-refractivity contribution < 1.29 is 69.8 Å². The standard InChI is InChI=1S/C53H34N3O.C51H32N5O.C10H9N2.3Ir/c1-5-19-50-45(14-1)46-15-2-6-20-51(46)55(50)41-27-23-36(24-28-41)39-32-40(35-44(34-39)57-43-13-11-12-38(33-43)49-18-9-10-31-54-49)37-25-29-42(30-26-37)56-52-21-7-3-16-47(52)48-17-4-8-22-53(48)56;1-3-15-46-43(12-1)50-48(17-8-28-53-50)55(46)39-23-19-34(20-24-39)37-30-38(33-42(32-37)57-41-11-7-10-36(31-41)45-14-5-6-27-52-45)35-21-25-40(26-22-35)56-47-16-4-2-13-44(47)51-49(56)18-9-29-54-51;1-12-8-7-11-10(12)9-5-3-2-4-6-9;;;/h1-11,13-35H;1-9,11-33H;2-5,7-8H,1H3;;;/q3*-1;;;. The quantitative estimate of drug-likeness (QED) is 0.0941. The largest absolute Gasteiger partial charge is 0.477 e. The summed E-state index contributed by atoms with van der Waals surface area (Å²) in [5.41, 5.74) is 28.6. The molecular weight excluding hydrogens is 2120 g/mol. The third-order valence-electron chi connectivity index (χ3n) is 23.3. The molecule has 129 heavy (non-hydrogen) atoms. The number of nitrogens with zero attached hydrogens (tertiary/aromatic N) is 10. The van der Waals surface area contributed by atoms with Gasteiger partial charge in [0.1, 0.15) is 11.5 Å². The zero-order valence-electron chi connectivity index (χ0n) is 69.4. The summed E-state index contributed by atoms with van der Waals surface area (Å²) in [7, 11) is 1.98. The smallest absolute Gasteiger partial charge is 0.126 e. The summed E-state index contributed by atoms with van der Waals surface area (Å²) in [5.74, 6) is 3.87. The zero-order chi connectivity index (χ0) is 83.8. The molecule has 0 amide bonds. The van der Waals surface area contributed by atoms with E-state index in [9.17, 15) is 0 Å². The maximum atomic E-state index is 6.67. The Morgan fingerprint density at radius 1 is 0.225 bits per heavy atom. The minimum absolute atomic E-state index is 0. The first-order chi connectivity index (χ1) is 62.4. The minimum atomic E-state index is 0. The number of aromatic nitrogens is 10. The molecule has 24 rings (SSSR count). The number of hydrogen-bond donors (Lipinski definition) is 0. The number of pyridine rings is 4. The van der Waals surface area contributed by atoms with Crippen LogP contribution in [0.25, 0.3) is 189 Å². The molecule has 0 aliphatic rings. The molecule has 3 radical (unpaired) electrons. The monoisotopic (exact) mass is 2190 g/mol. The van der Waals surface area contributed by atoms with E-state index in [1.54, 1.807) is 18.6 Å².